The van der Waals surface area contributed by atoms with Crippen LogP contribution in [0.1, 0.15) is 36.5 Å². The van der Waals surface area contributed by atoms with E-state index in [0.717, 1.165) is 18.0 Å². The predicted molar refractivity (Wildman–Crippen MR) is 108 cm³/mol. The summed E-state index contributed by atoms with van der Waals surface area (Å²) in [4.78, 5) is 23.8. The fourth-order valence-electron chi connectivity index (χ4n) is 2.32. The number of nitro benzene ring substituents is 1. The molecule has 1 heterocycles. The molecule has 8 nitrogen and oxygen atoms in total. The molecule has 0 radical (unpaired) electrons. The Labute approximate surface area is 166 Å². The minimum absolute atomic E-state index is 0.0362. The largest absolute Gasteiger partial charge is 0.352 e. The summed E-state index contributed by atoms with van der Waals surface area (Å²) in [5.74, 6) is 1.71. The zero-order valence-corrected chi connectivity index (χ0v) is 17.2. The Bertz CT molecular complexity index is 876. The van der Waals surface area contributed by atoms with E-state index in [2.05, 4.69) is 29.4 Å². The van der Waals surface area contributed by atoms with Crippen molar-refractivity contribution in [3.05, 3.63) is 44.5 Å². The maximum Gasteiger partial charge on any atom is 0.283 e. The number of aromatic nitrogens is 3. The number of rotatable bonds is 9. The van der Waals surface area contributed by atoms with Crippen molar-refractivity contribution in [1.29, 1.82) is 0 Å². The molecule has 146 valence electrons. The lowest BCUT2D eigenvalue weighted by Gasteiger charge is -2.08. The summed E-state index contributed by atoms with van der Waals surface area (Å²) in [7, 11) is 1.79. The van der Waals surface area contributed by atoms with E-state index in [1.54, 1.807) is 23.7 Å². The van der Waals surface area contributed by atoms with Crippen LogP contribution in [-0.4, -0.2) is 37.9 Å². The predicted octanol–water partition coefficient (Wildman–Crippen LogP) is 3.50. The van der Waals surface area contributed by atoms with Crippen LogP contribution in [0.3, 0.4) is 0 Å². The molecule has 2 aromatic rings. The van der Waals surface area contributed by atoms with Gasteiger partial charge in [-0.3, -0.25) is 20.0 Å². The van der Waals surface area contributed by atoms with Crippen LogP contribution in [0.4, 0.5) is 5.69 Å². The molecule has 0 aliphatic heterocycles. The van der Waals surface area contributed by atoms with Crippen molar-refractivity contribution in [2.75, 3.05) is 12.3 Å². The number of amides is 1. The third-order valence-corrected chi connectivity index (χ3v) is 5.44. The molecular formula is C17H23N5O3S2. The Hall–Kier alpha value is -2.20. The number of carbonyl (C=O) groups excluding carboxylic acids is 1. The van der Waals surface area contributed by atoms with E-state index in [-0.39, 0.29) is 17.2 Å². The van der Waals surface area contributed by atoms with Gasteiger partial charge in [-0.1, -0.05) is 13.8 Å². The highest BCUT2D eigenvalue weighted by molar-refractivity contribution is 7.99. The molecular weight excluding hydrogens is 386 g/mol. The summed E-state index contributed by atoms with van der Waals surface area (Å²) in [5.41, 5.74) is 0.233. The highest BCUT2D eigenvalue weighted by atomic mass is 32.2. The van der Waals surface area contributed by atoms with E-state index in [0.29, 0.717) is 28.6 Å². The molecule has 0 aliphatic rings. The quantitative estimate of drug-likeness (QED) is 0.284. The molecule has 1 amide bonds. The van der Waals surface area contributed by atoms with Crippen LogP contribution in [-0.2, 0) is 13.5 Å². The van der Waals surface area contributed by atoms with Gasteiger partial charge in [-0.2, -0.15) is 5.10 Å². The Morgan fingerprint density at radius 3 is 2.81 bits per heavy atom. The minimum Gasteiger partial charge on any atom is -0.352 e. The summed E-state index contributed by atoms with van der Waals surface area (Å²) in [6, 6.07) is 4.61. The number of carbonyl (C=O) groups is 1. The van der Waals surface area contributed by atoms with Gasteiger partial charge < -0.3 is 9.88 Å². The zero-order chi connectivity index (χ0) is 20.0. The lowest BCUT2D eigenvalue weighted by Crippen LogP contribution is -2.26. The first-order valence-corrected chi connectivity index (χ1v) is 9.98. The van der Waals surface area contributed by atoms with Gasteiger partial charge in [0.05, 0.1) is 9.82 Å². The number of H-pyrrole nitrogens is 1. The van der Waals surface area contributed by atoms with Gasteiger partial charge in [-0.25, -0.2) is 0 Å². The van der Waals surface area contributed by atoms with E-state index >= 15 is 0 Å². The second-order valence-corrected chi connectivity index (χ2v) is 8.00. The first-order chi connectivity index (χ1) is 12.8. The van der Waals surface area contributed by atoms with Crippen LogP contribution in [0.5, 0.6) is 0 Å². The molecule has 0 fully saturated rings. The first kappa shape index (κ1) is 21.1. The number of nitrogens with zero attached hydrogens (tertiary/aromatic N) is 3. The summed E-state index contributed by atoms with van der Waals surface area (Å²) >= 11 is 6.49. The summed E-state index contributed by atoms with van der Waals surface area (Å²) in [5, 5.41) is 20.9. The van der Waals surface area contributed by atoms with Crippen LogP contribution in [0.25, 0.3) is 0 Å². The first-order valence-electron chi connectivity index (χ1n) is 8.59. The Morgan fingerprint density at radius 1 is 1.48 bits per heavy atom. The highest BCUT2D eigenvalue weighted by Gasteiger charge is 2.18. The van der Waals surface area contributed by atoms with Crippen molar-refractivity contribution in [2.24, 2.45) is 13.0 Å². The van der Waals surface area contributed by atoms with Crippen molar-refractivity contribution in [1.82, 2.24) is 20.1 Å². The number of nitrogens with one attached hydrogen (secondary N) is 2. The van der Waals surface area contributed by atoms with Crippen LogP contribution in [0.2, 0.25) is 0 Å². The fourth-order valence-corrected chi connectivity index (χ4v) is 3.73. The fraction of sp³-hybridized carbons (Fsp3) is 0.471. The van der Waals surface area contributed by atoms with Crippen molar-refractivity contribution in [3.8, 4) is 0 Å². The summed E-state index contributed by atoms with van der Waals surface area (Å²) in [6.07, 6.45) is 1.47. The van der Waals surface area contributed by atoms with Gasteiger partial charge in [0.25, 0.3) is 11.6 Å². The molecule has 0 saturated heterocycles. The van der Waals surface area contributed by atoms with Crippen LogP contribution < -0.4 is 5.32 Å². The van der Waals surface area contributed by atoms with Crippen LogP contribution in [0.15, 0.2) is 23.1 Å². The smallest absolute Gasteiger partial charge is 0.283 e. The number of thioether (sulfide) groups is 1. The molecule has 0 saturated carbocycles. The number of hydrogen-bond acceptors (Lipinski definition) is 6. The molecule has 10 heteroatoms. The van der Waals surface area contributed by atoms with Crippen molar-refractivity contribution >= 4 is 35.6 Å². The van der Waals surface area contributed by atoms with Gasteiger partial charge in [0.1, 0.15) is 5.82 Å². The Balaban J connectivity index is 2.00. The minimum atomic E-state index is -0.441. The molecule has 0 atom stereocenters. The van der Waals surface area contributed by atoms with Gasteiger partial charge in [-0.15, -0.1) is 11.8 Å². The average Bonchev–Trinajstić information content (AvgIpc) is 2.93. The third-order valence-electron chi connectivity index (χ3n) is 3.98. The third kappa shape index (κ3) is 5.90. The molecule has 2 N–H and O–H groups in total. The van der Waals surface area contributed by atoms with E-state index < -0.39 is 4.92 Å². The maximum absolute atomic E-state index is 12.3. The van der Waals surface area contributed by atoms with Gasteiger partial charge in [0, 0.05) is 31.6 Å². The molecule has 1 aromatic carbocycles. The molecule has 0 spiro atoms. The second-order valence-electron chi connectivity index (χ2n) is 6.48. The molecule has 1 aromatic heterocycles. The SMILES string of the molecule is CC(C)CCSc1ccc(C(=O)NCCc2n[nH]c(=S)n2C)cc1[N+](=O)[O-]. The van der Waals surface area contributed by atoms with E-state index in [1.807, 2.05) is 0 Å². The summed E-state index contributed by atoms with van der Waals surface area (Å²) in [6.45, 7) is 4.58. The standard InChI is InChI=1S/C17H23N5O3S2/c1-11(2)7-9-27-14-5-4-12(10-13(14)22(24)25)16(23)18-8-6-15-19-20-17(26)21(15)3/h4-5,10-11H,6-9H2,1-3H3,(H,18,23)(H,20,26). The lowest BCUT2D eigenvalue weighted by molar-refractivity contribution is -0.387. The van der Waals surface area contributed by atoms with Gasteiger partial charge >= 0.3 is 0 Å². The normalized spacial score (nSPS) is 11.0. The van der Waals surface area contributed by atoms with Crippen molar-refractivity contribution in [2.45, 2.75) is 31.6 Å². The summed E-state index contributed by atoms with van der Waals surface area (Å²) < 4.78 is 2.24. The lowest BCUT2D eigenvalue weighted by atomic mass is 10.2. The molecule has 2 rings (SSSR count). The molecule has 27 heavy (non-hydrogen) atoms. The average molecular weight is 410 g/mol. The number of benzene rings is 1. The van der Waals surface area contributed by atoms with Crippen molar-refractivity contribution in [3.63, 3.8) is 0 Å². The number of aromatic amines is 1. The molecule has 0 bridgehead atoms. The highest BCUT2D eigenvalue weighted by Crippen LogP contribution is 2.31. The second kappa shape index (κ2) is 9.65. The monoisotopic (exact) mass is 409 g/mol. The van der Waals surface area contributed by atoms with Crippen molar-refractivity contribution < 1.29 is 9.72 Å². The topological polar surface area (TPSA) is 106 Å². The number of hydrogen-bond donors (Lipinski definition) is 2. The van der Waals surface area contributed by atoms with Gasteiger partial charge in [0.15, 0.2) is 4.77 Å². The number of nitro groups is 1. The van der Waals surface area contributed by atoms with Gasteiger partial charge in [-0.05, 0) is 42.4 Å². The zero-order valence-electron chi connectivity index (χ0n) is 15.5. The maximum atomic E-state index is 12.3. The van der Waals surface area contributed by atoms with Crippen LogP contribution in [0, 0.1) is 20.8 Å². The Morgan fingerprint density at radius 2 is 2.22 bits per heavy atom. The Kier molecular flexibility index (Phi) is 7.55. The van der Waals surface area contributed by atoms with Crippen LogP contribution >= 0.6 is 24.0 Å². The van der Waals surface area contributed by atoms with Gasteiger partial charge in [0.2, 0.25) is 0 Å². The van der Waals surface area contributed by atoms with E-state index in [4.69, 9.17) is 12.2 Å². The molecule has 0 unspecified atom stereocenters. The molecule has 0 aliphatic carbocycles. The van der Waals surface area contributed by atoms with E-state index in [1.165, 1.54) is 17.8 Å². The van der Waals surface area contributed by atoms with E-state index in [9.17, 15) is 14.9 Å².